The van der Waals surface area contributed by atoms with Crippen molar-refractivity contribution in [3.8, 4) is 11.5 Å². The number of hydrogen-bond donors (Lipinski definition) is 4. The second-order valence-electron chi connectivity index (χ2n) is 7.48. The lowest BCUT2D eigenvalue weighted by molar-refractivity contribution is -0.136. The molecule has 1 aromatic carbocycles. The fourth-order valence-corrected chi connectivity index (χ4v) is 3.64. The molecular weight excluding hydrogens is 422 g/mol. The number of nitrogens with zero attached hydrogens (tertiary/aromatic N) is 2. The van der Waals surface area contributed by atoms with Crippen LogP contribution in [0.1, 0.15) is 15.9 Å². The van der Waals surface area contributed by atoms with Gasteiger partial charge in [-0.1, -0.05) is 6.07 Å². The molecule has 4 rings (SSSR count). The maximum absolute atomic E-state index is 12.8. The molecule has 0 saturated carbocycles. The molecule has 0 radical (unpaired) electrons. The molecule has 1 aromatic heterocycles. The third-order valence-corrected chi connectivity index (χ3v) is 5.38. The third kappa shape index (κ3) is 4.65. The monoisotopic (exact) mass is 445 g/mol. The maximum atomic E-state index is 12.8. The van der Waals surface area contributed by atoms with Crippen LogP contribution in [0.3, 0.4) is 0 Å². The minimum atomic E-state index is -1.20. The smallest absolute Gasteiger partial charge is 0.325 e. The van der Waals surface area contributed by atoms with Crippen molar-refractivity contribution in [3.05, 3.63) is 56.4 Å². The second kappa shape index (κ2) is 9.24. The summed E-state index contributed by atoms with van der Waals surface area (Å²) < 4.78 is 10.7. The normalized spacial score (nSPS) is 16.6. The van der Waals surface area contributed by atoms with Crippen molar-refractivity contribution in [1.29, 1.82) is 0 Å². The van der Waals surface area contributed by atoms with Crippen molar-refractivity contribution in [2.45, 2.75) is 12.6 Å². The highest BCUT2D eigenvalue weighted by Gasteiger charge is 2.29. The molecule has 2 aliphatic heterocycles. The molecular formula is C20H23N5O7. The van der Waals surface area contributed by atoms with E-state index >= 15 is 0 Å². The van der Waals surface area contributed by atoms with Crippen LogP contribution in [0.15, 0.2) is 34.0 Å². The number of aliphatic hydroxyl groups excluding tert-OH is 1. The second-order valence-corrected chi connectivity index (χ2v) is 7.48. The predicted octanol–water partition coefficient (Wildman–Crippen LogP) is -1.77. The molecule has 2 amide bonds. The Labute approximate surface area is 181 Å². The number of nitrogens with one attached hydrogen (secondary N) is 3. The van der Waals surface area contributed by atoms with E-state index in [-0.39, 0.29) is 12.4 Å². The molecule has 12 nitrogen and oxygen atoms in total. The predicted molar refractivity (Wildman–Crippen MR) is 110 cm³/mol. The van der Waals surface area contributed by atoms with Gasteiger partial charge in [0.1, 0.15) is 11.6 Å². The average molecular weight is 445 g/mol. The van der Waals surface area contributed by atoms with Gasteiger partial charge in [-0.15, -0.1) is 0 Å². The van der Waals surface area contributed by atoms with Crippen LogP contribution < -0.4 is 26.0 Å². The summed E-state index contributed by atoms with van der Waals surface area (Å²) in [6.45, 7) is 2.37. The van der Waals surface area contributed by atoms with Crippen LogP contribution in [0, 0.1) is 0 Å². The SMILES string of the molecule is O=C(NC(CO)C(=O)N1CCN(Cc2ccc3c(c2)OCO3)CC1)c1c[nH]c(=O)[nH]c1=O. The number of hydrogen-bond acceptors (Lipinski definition) is 8. The number of carbonyl (C=O) groups is 2. The molecule has 1 saturated heterocycles. The first-order chi connectivity index (χ1) is 15.4. The molecule has 1 fully saturated rings. The van der Waals surface area contributed by atoms with Gasteiger partial charge in [-0.25, -0.2) is 4.79 Å². The summed E-state index contributed by atoms with van der Waals surface area (Å²) in [5, 5.41) is 12.0. The summed E-state index contributed by atoms with van der Waals surface area (Å²) in [5.41, 5.74) is -0.919. The largest absolute Gasteiger partial charge is 0.454 e. The Kier molecular flexibility index (Phi) is 6.23. The van der Waals surface area contributed by atoms with Gasteiger partial charge in [0, 0.05) is 38.9 Å². The number of aromatic amines is 2. The van der Waals surface area contributed by atoms with Gasteiger partial charge in [-0.05, 0) is 17.7 Å². The zero-order chi connectivity index (χ0) is 22.7. The van der Waals surface area contributed by atoms with Crippen molar-refractivity contribution in [2.24, 2.45) is 0 Å². The number of benzene rings is 1. The van der Waals surface area contributed by atoms with Crippen LogP contribution in [0.25, 0.3) is 0 Å². The summed E-state index contributed by atoms with van der Waals surface area (Å²) in [6.07, 6.45) is 0.963. The molecule has 170 valence electrons. The first kappa shape index (κ1) is 21.6. The quantitative estimate of drug-likeness (QED) is 0.407. The van der Waals surface area contributed by atoms with Gasteiger partial charge < -0.3 is 29.8 Å². The number of rotatable bonds is 6. The Hall–Kier alpha value is -3.64. The van der Waals surface area contributed by atoms with Gasteiger partial charge in [-0.3, -0.25) is 24.3 Å². The van der Waals surface area contributed by atoms with Gasteiger partial charge in [0.2, 0.25) is 12.7 Å². The Balaban J connectivity index is 1.32. The van der Waals surface area contributed by atoms with E-state index in [1.54, 1.807) is 4.90 Å². The van der Waals surface area contributed by atoms with Crippen molar-refractivity contribution in [3.63, 3.8) is 0 Å². The van der Waals surface area contributed by atoms with Gasteiger partial charge in [-0.2, -0.15) is 0 Å². The summed E-state index contributed by atoms with van der Waals surface area (Å²) in [7, 11) is 0. The van der Waals surface area contributed by atoms with E-state index in [0.29, 0.717) is 32.7 Å². The lowest BCUT2D eigenvalue weighted by atomic mass is 10.1. The van der Waals surface area contributed by atoms with Crippen LogP contribution >= 0.6 is 0 Å². The van der Waals surface area contributed by atoms with Crippen molar-refractivity contribution in [1.82, 2.24) is 25.1 Å². The lowest BCUT2D eigenvalue weighted by Gasteiger charge is -2.36. The van der Waals surface area contributed by atoms with E-state index in [0.717, 1.165) is 23.3 Å². The van der Waals surface area contributed by atoms with Gasteiger partial charge in [0.25, 0.3) is 11.5 Å². The topological polar surface area (TPSA) is 157 Å². The van der Waals surface area contributed by atoms with Crippen molar-refractivity contribution in [2.75, 3.05) is 39.6 Å². The lowest BCUT2D eigenvalue weighted by Crippen LogP contribution is -2.56. The number of aliphatic hydroxyl groups is 1. The molecule has 0 bridgehead atoms. The average Bonchev–Trinajstić information content (AvgIpc) is 3.25. The molecule has 3 heterocycles. The summed E-state index contributed by atoms with van der Waals surface area (Å²) in [6, 6.07) is 4.59. The number of aromatic nitrogens is 2. The minimum Gasteiger partial charge on any atom is -0.454 e. The highest BCUT2D eigenvalue weighted by Crippen LogP contribution is 2.32. The first-order valence-corrected chi connectivity index (χ1v) is 10.1. The Morgan fingerprint density at radius 2 is 1.88 bits per heavy atom. The highest BCUT2D eigenvalue weighted by atomic mass is 16.7. The number of carbonyl (C=O) groups excluding carboxylic acids is 2. The molecule has 1 unspecified atom stereocenters. The van der Waals surface area contributed by atoms with Crippen LogP contribution in [0.4, 0.5) is 0 Å². The fourth-order valence-electron chi connectivity index (χ4n) is 3.64. The van der Waals surface area contributed by atoms with Crippen LogP contribution in [-0.4, -0.2) is 82.3 Å². The van der Waals surface area contributed by atoms with Crippen LogP contribution in [-0.2, 0) is 11.3 Å². The highest BCUT2D eigenvalue weighted by molar-refractivity contribution is 5.97. The van der Waals surface area contributed by atoms with Gasteiger partial charge >= 0.3 is 5.69 Å². The van der Waals surface area contributed by atoms with Crippen LogP contribution in [0.2, 0.25) is 0 Å². The van der Waals surface area contributed by atoms with Gasteiger partial charge in [0.15, 0.2) is 11.5 Å². The first-order valence-electron chi connectivity index (χ1n) is 10.1. The molecule has 1 atom stereocenters. The van der Waals surface area contributed by atoms with Crippen molar-refractivity contribution < 1.29 is 24.2 Å². The molecule has 2 aliphatic rings. The molecule has 0 spiro atoms. The van der Waals surface area contributed by atoms with E-state index in [9.17, 15) is 24.3 Å². The van der Waals surface area contributed by atoms with Gasteiger partial charge in [0.05, 0.1) is 6.61 Å². The zero-order valence-corrected chi connectivity index (χ0v) is 17.1. The number of piperazine rings is 1. The van der Waals surface area contributed by atoms with E-state index in [1.165, 1.54) is 0 Å². The van der Waals surface area contributed by atoms with E-state index in [4.69, 9.17) is 9.47 Å². The summed E-state index contributed by atoms with van der Waals surface area (Å²) >= 11 is 0. The number of ether oxygens (including phenoxy) is 2. The summed E-state index contributed by atoms with van der Waals surface area (Å²) in [4.78, 5) is 55.8. The van der Waals surface area contributed by atoms with E-state index in [2.05, 4.69) is 15.2 Å². The number of fused-ring (bicyclic) bond motifs is 1. The summed E-state index contributed by atoms with van der Waals surface area (Å²) in [5.74, 6) is 0.144. The molecule has 32 heavy (non-hydrogen) atoms. The van der Waals surface area contributed by atoms with E-state index < -0.39 is 35.7 Å². The Morgan fingerprint density at radius 1 is 1.12 bits per heavy atom. The minimum absolute atomic E-state index is 0.221. The van der Waals surface area contributed by atoms with Crippen molar-refractivity contribution >= 4 is 11.8 Å². The third-order valence-electron chi connectivity index (χ3n) is 5.38. The zero-order valence-electron chi connectivity index (χ0n) is 17.1. The number of amides is 2. The Morgan fingerprint density at radius 3 is 2.59 bits per heavy atom. The molecule has 4 N–H and O–H groups in total. The number of H-pyrrole nitrogens is 2. The molecule has 0 aliphatic carbocycles. The standard InChI is InChI=1S/C20H23N5O7/c26-10-14(22-17(27)13-8-21-20(30)23-18(13)28)19(29)25-5-3-24(4-6-25)9-12-1-2-15-16(7-12)32-11-31-15/h1-2,7-8,14,26H,3-6,9-11H2,(H,22,27)(H2,21,23,28,30). The molecule has 2 aromatic rings. The maximum Gasteiger partial charge on any atom is 0.325 e. The van der Waals surface area contributed by atoms with E-state index in [1.807, 2.05) is 23.2 Å². The van der Waals surface area contributed by atoms with Crippen LogP contribution in [0.5, 0.6) is 11.5 Å². The Bertz CT molecular complexity index is 1120. The fraction of sp³-hybridized carbons (Fsp3) is 0.400. The molecule has 12 heteroatoms.